The van der Waals surface area contributed by atoms with E-state index < -0.39 is 17.9 Å². The lowest BCUT2D eigenvalue weighted by molar-refractivity contribution is -0.145. The maximum atomic E-state index is 12.6. The topological polar surface area (TPSA) is 119 Å². The van der Waals surface area contributed by atoms with Gasteiger partial charge in [0.05, 0.1) is 6.61 Å². The summed E-state index contributed by atoms with van der Waals surface area (Å²) in [6.45, 7) is 4.35. The molecule has 1 aromatic carbocycles. The zero-order chi connectivity index (χ0) is 19.3. The van der Waals surface area contributed by atoms with Gasteiger partial charge in [-0.05, 0) is 36.1 Å². The molecule has 0 spiro atoms. The van der Waals surface area contributed by atoms with E-state index in [1.807, 2.05) is 13.8 Å². The molecule has 1 atom stereocenters. The largest absolute Gasteiger partial charge is 0.465 e. The first kappa shape index (κ1) is 19.4. The average Bonchev–Trinajstić information content (AvgIpc) is 2.89. The van der Waals surface area contributed by atoms with Crippen LogP contribution in [0.1, 0.15) is 42.6 Å². The molecular formula is C18H23N3O5. The number of fused-ring (bicyclic) bond motifs is 1. The Morgan fingerprint density at radius 3 is 2.73 bits per heavy atom. The number of carbonyl (C=O) groups is 4. The molecule has 2 rings (SSSR count). The highest BCUT2D eigenvalue weighted by molar-refractivity contribution is 6.01. The van der Waals surface area contributed by atoms with Crippen LogP contribution in [0.15, 0.2) is 18.2 Å². The highest BCUT2D eigenvalue weighted by Crippen LogP contribution is 2.28. The molecule has 140 valence electrons. The molecule has 0 saturated heterocycles. The molecule has 0 saturated carbocycles. The van der Waals surface area contributed by atoms with Crippen LogP contribution in [0.3, 0.4) is 0 Å². The van der Waals surface area contributed by atoms with Crippen molar-refractivity contribution in [2.45, 2.75) is 39.3 Å². The Kier molecular flexibility index (Phi) is 6.32. The summed E-state index contributed by atoms with van der Waals surface area (Å²) in [5.41, 5.74) is 7.16. The minimum absolute atomic E-state index is 0.00159. The predicted octanol–water partition coefficient (Wildman–Crippen LogP) is 1.04. The number of carbonyl (C=O) groups excluding carboxylic acids is 4. The van der Waals surface area contributed by atoms with Crippen molar-refractivity contribution >= 4 is 29.9 Å². The van der Waals surface area contributed by atoms with Crippen molar-refractivity contribution in [3.63, 3.8) is 0 Å². The van der Waals surface area contributed by atoms with Crippen LogP contribution < -0.4 is 11.1 Å². The monoisotopic (exact) mass is 361 g/mol. The third kappa shape index (κ3) is 4.59. The van der Waals surface area contributed by atoms with E-state index in [0.29, 0.717) is 29.8 Å². The fourth-order valence-electron chi connectivity index (χ4n) is 2.79. The van der Waals surface area contributed by atoms with Crippen LogP contribution in [0.4, 0.5) is 5.69 Å². The highest BCUT2D eigenvalue weighted by Gasteiger charge is 2.35. The van der Waals surface area contributed by atoms with Crippen LogP contribution in [0, 0.1) is 5.92 Å². The van der Waals surface area contributed by atoms with E-state index in [4.69, 9.17) is 10.5 Å². The molecule has 0 aromatic heterocycles. The third-order valence-electron chi connectivity index (χ3n) is 4.07. The maximum absolute atomic E-state index is 12.6. The lowest BCUT2D eigenvalue weighted by Gasteiger charge is -2.24. The fourth-order valence-corrected chi connectivity index (χ4v) is 2.79. The Hall–Kier alpha value is -2.90. The number of benzene rings is 1. The molecule has 0 bridgehead atoms. The van der Waals surface area contributed by atoms with Crippen molar-refractivity contribution in [3.05, 3.63) is 29.3 Å². The van der Waals surface area contributed by atoms with Gasteiger partial charge in [-0.1, -0.05) is 13.8 Å². The van der Waals surface area contributed by atoms with Crippen molar-refractivity contribution in [1.82, 2.24) is 4.90 Å². The van der Waals surface area contributed by atoms with E-state index in [0.717, 1.165) is 0 Å². The number of amides is 3. The molecule has 8 nitrogen and oxygen atoms in total. The first-order chi connectivity index (χ1) is 12.3. The van der Waals surface area contributed by atoms with Crippen LogP contribution in [0.5, 0.6) is 0 Å². The van der Waals surface area contributed by atoms with Crippen LogP contribution in [0.2, 0.25) is 0 Å². The molecule has 1 heterocycles. The quantitative estimate of drug-likeness (QED) is 0.503. The number of primary amides is 1. The van der Waals surface area contributed by atoms with Gasteiger partial charge in [0, 0.05) is 24.2 Å². The number of rotatable bonds is 9. The second-order valence-corrected chi connectivity index (χ2v) is 6.60. The number of nitrogens with two attached hydrogens (primary N) is 1. The summed E-state index contributed by atoms with van der Waals surface area (Å²) in [5, 5.41) is 2.52. The van der Waals surface area contributed by atoms with Gasteiger partial charge in [0.1, 0.15) is 6.04 Å². The lowest BCUT2D eigenvalue weighted by atomic mass is 10.1. The zero-order valence-corrected chi connectivity index (χ0v) is 14.9. The number of ether oxygens (including phenoxy) is 1. The first-order valence-electron chi connectivity index (χ1n) is 8.42. The average molecular weight is 361 g/mol. The number of hydrogen-bond acceptors (Lipinski definition) is 5. The summed E-state index contributed by atoms with van der Waals surface area (Å²) < 4.78 is 5.09. The van der Waals surface area contributed by atoms with Gasteiger partial charge >= 0.3 is 5.97 Å². The highest BCUT2D eigenvalue weighted by atomic mass is 16.5. The number of esters is 1. The summed E-state index contributed by atoms with van der Waals surface area (Å²) in [6.07, 6.45) is 0.648. The van der Waals surface area contributed by atoms with Crippen molar-refractivity contribution < 1.29 is 23.9 Å². The van der Waals surface area contributed by atoms with Gasteiger partial charge in [-0.25, -0.2) is 0 Å². The minimum Gasteiger partial charge on any atom is -0.465 e. The summed E-state index contributed by atoms with van der Waals surface area (Å²) in [4.78, 5) is 48.1. The normalized spacial score (nSPS) is 14.1. The molecule has 3 amide bonds. The number of hydrogen-bond donors (Lipinski definition) is 2. The van der Waals surface area contributed by atoms with Crippen molar-refractivity contribution in [2.75, 3.05) is 11.9 Å². The zero-order valence-electron chi connectivity index (χ0n) is 14.9. The number of nitrogens with one attached hydrogen (secondary N) is 1. The van der Waals surface area contributed by atoms with Gasteiger partial charge < -0.3 is 20.7 Å². The van der Waals surface area contributed by atoms with Gasteiger partial charge in [-0.15, -0.1) is 0 Å². The van der Waals surface area contributed by atoms with E-state index >= 15 is 0 Å². The summed E-state index contributed by atoms with van der Waals surface area (Å²) in [5.74, 6) is -1.20. The second-order valence-electron chi connectivity index (χ2n) is 6.60. The van der Waals surface area contributed by atoms with Gasteiger partial charge in [-0.2, -0.15) is 0 Å². The van der Waals surface area contributed by atoms with E-state index in [1.54, 1.807) is 18.2 Å². The minimum atomic E-state index is -0.899. The molecule has 3 N–H and O–H groups in total. The van der Waals surface area contributed by atoms with Crippen molar-refractivity contribution in [1.29, 1.82) is 0 Å². The SMILES string of the molecule is CC(C)COC(=O)CCC(C(N)=O)N1Cc2cc(NC=O)ccc2C1=O. The number of anilines is 1. The Morgan fingerprint density at radius 2 is 2.12 bits per heavy atom. The summed E-state index contributed by atoms with van der Waals surface area (Å²) in [6, 6.07) is 3.98. The molecule has 1 unspecified atom stereocenters. The second kappa shape index (κ2) is 8.46. The smallest absolute Gasteiger partial charge is 0.305 e. The van der Waals surface area contributed by atoms with Crippen LogP contribution in [-0.4, -0.2) is 41.7 Å². The van der Waals surface area contributed by atoms with E-state index in [1.165, 1.54) is 4.90 Å². The van der Waals surface area contributed by atoms with Gasteiger partial charge in [0.25, 0.3) is 5.91 Å². The van der Waals surface area contributed by atoms with Gasteiger partial charge in [0.2, 0.25) is 12.3 Å². The molecule has 8 heteroatoms. The molecule has 1 aliphatic heterocycles. The summed E-state index contributed by atoms with van der Waals surface area (Å²) in [7, 11) is 0. The standard InChI is InChI=1S/C18H23N3O5/c1-11(2)9-26-16(23)6-5-15(17(19)24)21-8-12-7-13(20-10-22)3-4-14(12)18(21)25/h3-4,7,10-11,15H,5-6,8-9H2,1-2H3,(H2,19,24)(H,20,22). The fraction of sp³-hybridized carbons (Fsp3) is 0.444. The lowest BCUT2D eigenvalue weighted by Crippen LogP contribution is -2.45. The Balaban J connectivity index is 2.06. The Morgan fingerprint density at radius 1 is 1.38 bits per heavy atom. The Labute approximate surface area is 151 Å². The summed E-state index contributed by atoms with van der Waals surface area (Å²) >= 11 is 0. The van der Waals surface area contributed by atoms with Crippen molar-refractivity contribution in [2.24, 2.45) is 11.7 Å². The molecular weight excluding hydrogens is 338 g/mol. The molecule has 1 aliphatic rings. The predicted molar refractivity (Wildman–Crippen MR) is 94.0 cm³/mol. The maximum Gasteiger partial charge on any atom is 0.305 e. The van der Waals surface area contributed by atoms with Crippen molar-refractivity contribution in [3.8, 4) is 0 Å². The third-order valence-corrected chi connectivity index (χ3v) is 4.07. The molecule has 0 radical (unpaired) electrons. The van der Waals surface area contributed by atoms with E-state index in [9.17, 15) is 19.2 Å². The van der Waals surface area contributed by atoms with Crippen LogP contribution in [0.25, 0.3) is 0 Å². The first-order valence-corrected chi connectivity index (χ1v) is 8.42. The molecule has 0 fully saturated rings. The van der Waals surface area contributed by atoms with E-state index in [-0.39, 0.29) is 31.2 Å². The number of nitrogens with zero attached hydrogens (tertiary/aromatic N) is 1. The van der Waals surface area contributed by atoms with Gasteiger partial charge in [-0.3, -0.25) is 19.2 Å². The van der Waals surface area contributed by atoms with Gasteiger partial charge in [0.15, 0.2) is 0 Å². The molecule has 1 aromatic rings. The van der Waals surface area contributed by atoms with Crippen LogP contribution >= 0.6 is 0 Å². The van der Waals surface area contributed by atoms with Crippen LogP contribution in [-0.2, 0) is 25.7 Å². The Bertz CT molecular complexity index is 717. The molecule has 26 heavy (non-hydrogen) atoms. The van der Waals surface area contributed by atoms with E-state index in [2.05, 4.69) is 5.32 Å². The molecule has 0 aliphatic carbocycles.